The summed E-state index contributed by atoms with van der Waals surface area (Å²) in [6, 6.07) is 7.82. The number of rotatable bonds is 3. The maximum atomic E-state index is 12.4. The minimum Gasteiger partial charge on any atom is -0.398 e. The van der Waals surface area contributed by atoms with Crippen molar-refractivity contribution in [3.05, 3.63) is 50.4 Å². The van der Waals surface area contributed by atoms with Crippen LogP contribution < -0.4 is 10.5 Å². The Bertz CT molecular complexity index is 810. The van der Waals surface area contributed by atoms with Crippen LogP contribution in [0.25, 0.3) is 0 Å². The number of anilines is 2. The van der Waals surface area contributed by atoms with Crippen LogP contribution in [0.15, 0.2) is 39.7 Å². The molecular weight excluding hydrogens is 399 g/mol. The van der Waals surface area contributed by atoms with Crippen LogP contribution in [-0.2, 0) is 10.0 Å². The molecule has 0 saturated heterocycles. The maximum Gasteiger partial charge on any atom is 0.263 e. The monoisotopic (exact) mass is 408 g/mol. The van der Waals surface area contributed by atoms with Crippen LogP contribution in [0.1, 0.15) is 5.56 Å². The molecule has 0 saturated carbocycles. The molecular formula is C13H11BrCl2N2O2S. The zero-order valence-corrected chi connectivity index (χ0v) is 14.7. The second kappa shape index (κ2) is 6.04. The number of aryl methyl sites for hydroxylation is 1. The van der Waals surface area contributed by atoms with E-state index in [0.29, 0.717) is 4.47 Å². The Morgan fingerprint density at radius 2 is 1.81 bits per heavy atom. The third-order valence-electron chi connectivity index (χ3n) is 2.73. The number of hydrogen-bond acceptors (Lipinski definition) is 3. The highest BCUT2D eigenvalue weighted by atomic mass is 79.9. The quantitative estimate of drug-likeness (QED) is 0.581. The molecule has 4 nitrogen and oxygen atoms in total. The second-order valence-electron chi connectivity index (χ2n) is 4.37. The van der Waals surface area contributed by atoms with Gasteiger partial charge >= 0.3 is 0 Å². The predicted octanol–water partition coefficient (Wildman–Crippen LogP) is 4.45. The fraction of sp³-hybridized carbons (Fsp3) is 0.0769. The molecule has 2 rings (SSSR count). The summed E-state index contributed by atoms with van der Waals surface area (Å²) in [6.45, 7) is 1.82. The first kappa shape index (κ1) is 16.4. The van der Waals surface area contributed by atoms with E-state index in [2.05, 4.69) is 20.7 Å². The first-order valence-corrected chi connectivity index (χ1v) is 8.78. The Labute approximate surface area is 141 Å². The van der Waals surface area contributed by atoms with Gasteiger partial charge in [-0.1, -0.05) is 29.3 Å². The average Bonchev–Trinajstić information content (AvgIpc) is 2.39. The lowest BCUT2D eigenvalue weighted by atomic mass is 10.2. The van der Waals surface area contributed by atoms with E-state index in [1.165, 1.54) is 12.1 Å². The molecule has 0 aliphatic heterocycles. The Balaban J connectivity index is 2.45. The normalized spacial score (nSPS) is 11.4. The standard InChI is InChI=1S/C13H11BrCl2N2O2S/c1-7-2-5-11(9(17)6-7)21(19,20)18-10-4-3-8(14)12(15)13(10)16/h2-6,18H,17H2,1H3. The highest BCUT2D eigenvalue weighted by molar-refractivity contribution is 9.10. The van der Waals surface area contributed by atoms with Crippen LogP contribution in [0.3, 0.4) is 0 Å². The van der Waals surface area contributed by atoms with Crippen LogP contribution in [0.2, 0.25) is 10.0 Å². The van der Waals surface area contributed by atoms with E-state index in [-0.39, 0.29) is 26.3 Å². The van der Waals surface area contributed by atoms with Crippen molar-refractivity contribution in [1.29, 1.82) is 0 Å². The van der Waals surface area contributed by atoms with Crippen LogP contribution in [0.4, 0.5) is 11.4 Å². The van der Waals surface area contributed by atoms with E-state index >= 15 is 0 Å². The van der Waals surface area contributed by atoms with Crippen molar-refractivity contribution in [1.82, 2.24) is 0 Å². The molecule has 0 atom stereocenters. The van der Waals surface area contributed by atoms with Crippen molar-refractivity contribution in [3.8, 4) is 0 Å². The van der Waals surface area contributed by atoms with Crippen molar-refractivity contribution < 1.29 is 8.42 Å². The van der Waals surface area contributed by atoms with Gasteiger partial charge in [-0.25, -0.2) is 8.42 Å². The summed E-state index contributed by atoms with van der Waals surface area (Å²) in [6.07, 6.45) is 0. The Hall–Kier alpha value is -0.950. The number of nitrogens with one attached hydrogen (secondary N) is 1. The van der Waals surface area contributed by atoms with Crippen molar-refractivity contribution in [2.45, 2.75) is 11.8 Å². The summed E-state index contributed by atoms with van der Waals surface area (Å²) < 4.78 is 27.7. The van der Waals surface area contributed by atoms with E-state index in [9.17, 15) is 8.42 Å². The molecule has 0 aliphatic carbocycles. The van der Waals surface area contributed by atoms with Gasteiger partial charge in [-0.05, 0) is 52.7 Å². The van der Waals surface area contributed by atoms with Gasteiger partial charge in [0.05, 0.1) is 21.4 Å². The summed E-state index contributed by atoms with van der Waals surface area (Å²) >= 11 is 15.2. The minimum absolute atomic E-state index is 0.0109. The highest BCUT2D eigenvalue weighted by Crippen LogP contribution is 2.37. The number of nitrogen functional groups attached to an aromatic ring is 1. The van der Waals surface area contributed by atoms with Crippen LogP contribution in [-0.4, -0.2) is 8.42 Å². The third kappa shape index (κ3) is 3.45. The van der Waals surface area contributed by atoms with Gasteiger partial charge in [0.2, 0.25) is 0 Å². The molecule has 0 heterocycles. The largest absolute Gasteiger partial charge is 0.398 e. The van der Waals surface area contributed by atoms with E-state index < -0.39 is 10.0 Å². The number of nitrogens with two attached hydrogens (primary N) is 1. The molecule has 0 bridgehead atoms. The van der Waals surface area contributed by atoms with Crippen LogP contribution in [0, 0.1) is 6.92 Å². The number of sulfonamides is 1. The zero-order valence-electron chi connectivity index (χ0n) is 10.8. The van der Waals surface area contributed by atoms with Crippen LogP contribution in [0.5, 0.6) is 0 Å². The average molecular weight is 410 g/mol. The maximum absolute atomic E-state index is 12.4. The van der Waals surface area contributed by atoms with Crippen molar-refractivity contribution in [3.63, 3.8) is 0 Å². The highest BCUT2D eigenvalue weighted by Gasteiger charge is 2.20. The Morgan fingerprint density at radius 1 is 1.14 bits per heavy atom. The molecule has 8 heteroatoms. The third-order valence-corrected chi connectivity index (χ3v) is 5.94. The summed E-state index contributed by atoms with van der Waals surface area (Å²) in [5.74, 6) is 0. The van der Waals surface area contributed by atoms with E-state index in [1.807, 2.05) is 6.92 Å². The molecule has 2 aromatic rings. The van der Waals surface area contributed by atoms with Gasteiger partial charge < -0.3 is 5.73 Å². The van der Waals surface area contributed by atoms with E-state index in [1.54, 1.807) is 18.2 Å². The molecule has 21 heavy (non-hydrogen) atoms. The van der Waals surface area contributed by atoms with Gasteiger partial charge in [0, 0.05) is 4.47 Å². The molecule has 0 unspecified atom stereocenters. The SMILES string of the molecule is Cc1ccc(S(=O)(=O)Nc2ccc(Br)c(Cl)c2Cl)c(N)c1. The summed E-state index contributed by atoms with van der Waals surface area (Å²) in [5.41, 5.74) is 6.99. The van der Waals surface area contributed by atoms with Gasteiger partial charge in [-0.3, -0.25) is 4.72 Å². The van der Waals surface area contributed by atoms with Gasteiger partial charge in [-0.2, -0.15) is 0 Å². The topological polar surface area (TPSA) is 72.2 Å². The molecule has 2 aromatic carbocycles. The molecule has 112 valence electrons. The Kier molecular flexibility index (Phi) is 4.72. The lowest BCUT2D eigenvalue weighted by Crippen LogP contribution is -2.15. The van der Waals surface area contributed by atoms with Gasteiger partial charge in [0.15, 0.2) is 0 Å². The van der Waals surface area contributed by atoms with E-state index in [0.717, 1.165) is 5.56 Å². The molecule has 0 aliphatic rings. The fourth-order valence-electron chi connectivity index (χ4n) is 1.72. The molecule has 3 N–H and O–H groups in total. The number of hydrogen-bond donors (Lipinski definition) is 2. The number of halogens is 3. The summed E-state index contributed by atoms with van der Waals surface area (Å²) in [5, 5.41) is 0.342. The van der Waals surface area contributed by atoms with Gasteiger partial charge in [0.25, 0.3) is 10.0 Å². The molecule has 0 spiro atoms. The lowest BCUT2D eigenvalue weighted by Gasteiger charge is -2.13. The first-order valence-electron chi connectivity index (χ1n) is 5.75. The molecule has 0 fully saturated rings. The molecule has 0 radical (unpaired) electrons. The second-order valence-corrected chi connectivity index (χ2v) is 7.63. The van der Waals surface area contributed by atoms with Crippen molar-refractivity contribution >= 4 is 60.5 Å². The smallest absolute Gasteiger partial charge is 0.263 e. The van der Waals surface area contributed by atoms with E-state index in [4.69, 9.17) is 28.9 Å². The summed E-state index contributed by atoms with van der Waals surface area (Å²) in [7, 11) is -3.85. The Morgan fingerprint density at radius 3 is 2.43 bits per heavy atom. The lowest BCUT2D eigenvalue weighted by molar-refractivity contribution is 0.601. The molecule has 0 aromatic heterocycles. The van der Waals surface area contributed by atoms with Crippen LogP contribution >= 0.6 is 39.1 Å². The minimum atomic E-state index is -3.85. The summed E-state index contributed by atoms with van der Waals surface area (Å²) in [4.78, 5) is -0.0109. The number of benzene rings is 2. The predicted molar refractivity (Wildman–Crippen MR) is 90.6 cm³/mol. The van der Waals surface area contributed by atoms with Crippen molar-refractivity contribution in [2.24, 2.45) is 0 Å². The molecule has 0 amide bonds. The van der Waals surface area contributed by atoms with Gasteiger partial charge in [0.1, 0.15) is 4.90 Å². The van der Waals surface area contributed by atoms with Crippen molar-refractivity contribution in [2.75, 3.05) is 10.5 Å². The van der Waals surface area contributed by atoms with Gasteiger partial charge in [-0.15, -0.1) is 0 Å². The fourth-order valence-corrected chi connectivity index (χ4v) is 3.78. The zero-order chi connectivity index (χ0) is 15.8. The first-order chi connectivity index (χ1) is 9.72.